The molecule has 0 bridgehead atoms. The molecule has 2 atom stereocenters. The molecule has 2 aliphatic rings. The number of benzene rings is 1. The number of nitrogens with one attached hydrogen (secondary N) is 1. The summed E-state index contributed by atoms with van der Waals surface area (Å²) in [5.74, 6) is 0.419. The normalized spacial score (nSPS) is 21.7. The Morgan fingerprint density at radius 3 is 3.15 bits per heavy atom. The van der Waals surface area contributed by atoms with E-state index in [0.717, 1.165) is 24.1 Å². The van der Waals surface area contributed by atoms with Crippen molar-refractivity contribution in [2.45, 2.75) is 25.0 Å². The first-order chi connectivity index (χ1) is 12.7. The van der Waals surface area contributed by atoms with Crippen LogP contribution in [0.4, 0.5) is 0 Å². The van der Waals surface area contributed by atoms with E-state index in [2.05, 4.69) is 21.4 Å². The van der Waals surface area contributed by atoms with Gasteiger partial charge in [-0.05, 0) is 18.6 Å². The van der Waals surface area contributed by atoms with Crippen LogP contribution in [0.2, 0.25) is 0 Å². The Hall–Kier alpha value is -2.82. The Balaban J connectivity index is 1.57. The SMILES string of the molecule is COC[C@@H]1C[C@@H](N2Cc3cnc(-c4cccc(C#N)c4)nc3C2=O)CN1. The van der Waals surface area contributed by atoms with Crippen molar-refractivity contribution >= 4 is 5.91 Å². The summed E-state index contributed by atoms with van der Waals surface area (Å²) in [4.78, 5) is 23.7. The number of carbonyl (C=O) groups is 1. The van der Waals surface area contributed by atoms with Gasteiger partial charge in [0.2, 0.25) is 0 Å². The third kappa shape index (κ3) is 2.94. The number of hydrogen-bond acceptors (Lipinski definition) is 6. The highest BCUT2D eigenvalue weighted by Gasteiger charge is 2.38. The van der Waals surface area contributed by atoms with Gasteiger partial charge in [-0.15, -0.1) is 0 Å². The molecule has 1 fully saturated rings. The minimum Gasteiger partial charge on any atom is -0.383 e. The van der Waals surface area contributed by atoms with E-state index in [1.165, 1.54) is 0 Å². The lowest BCUT2D eigenvalue weighted by Crippen LogP contribution is -2.37. The van der Waals surface area contributed by atoms with Crippen molar-refractivity contribution in [2.24, 2.45) is 0 Å². The number of fused-ring (bicyclic) bond motifs is 1. The van der Waals surface area contributed by atoms with Crippen LogP contribution < -0.4 is 5.32 Å². The van der Waals surface area contributed by atoms with Crippen LogP contribution in [-0.4, -0.2) is 53.1 Å². The van der Waals surface area contributed by atoms with Gasteiger partial charge in [-0.25, -0.2) is 9.97 Å². The van der Waals surface area contributed by atoms with Gasteiger partial charge < -0.3 is 15.0 Å². The first-order valence-electron chi connectivity index (χ1n) is 8.59. The zero-order chi connectivity index (χ0) is 18.1. The molecule has 0 radical (unpaired) electrons. The monoisotopic (exact) mass is 349 g/mol. The molecule has 0 spiro atoms. The van der Waals surface area contributed by atoms with E-state index in [9.17, 15) is 4.79 Å². The molecule has 1 aromatic carbocycles. The van der Waals surface area contributed by atoms with Gasteiger partial charge in [0.15, 0.2) is 5.82 Å². The highest BCUT2D eigenvalue weighted by molar-refractivity contribution is 5.97. The molecule has 0 saturated carbocycles. The standard InChI is InChI=1S/C19H19N5O2/c1-26-11-15-6-16(9-21-15)24-10-14-8-22-18(23-17(14)19(24)25)13-4-2-3-12(5-13)7-20/h2-5,8,15-16,21H,6,9-11H2,1H3/t15-,16+/m0/s1. The number of carbonyl (C=O) groups excluding carboxylic acids is 1. The second-order valence-electron chi connectivity index (χ2n) is 6.64. The number of methoxy groups -OCH3 is 1. The maximum atomic E-state index is 12.9. The van der Waals surface area contributed by atoms with Crippen molar-refractivity contribution in [1.82, 2.24) is 20.2 Å². The van der Waals surface area contributed by atoms with E-state index >= 15 is 0 Å². The van der Waals surface area contributed by atoms with Crippen LogP contribution in [0.15, 0.2) is 30.5 Å². The smallest absolute Gasteiger partial charge is 0.273 e. The topological polar surface area (TPSA) is 91.1 Å². The summed E-state index contributed by atoms with van der Waals surface area (Å²) < 4.78 is 5.20. The molecule has 2 aromatic rings. The summed E-state index contributed by atoms with van der Waals surface area (Å²) in [6, 6.07) is 9.62. The van der Waals surface area contributed by atoms with Gasteiger partial charge in [-0.3, -0.25) is 4.79 Å². The van der Waals surface area contributed by atoms with Gasteiger partial charge in [-0.2, -0.15) is 5.26 Å². The minimum atomic E-state index is -0.0510. The van der Waals surface area contributed by atoms with Gasteiger partial charge in [0.05, 0.1) is 24.8 Å². The third-order valence-electron chi connectivity index (χ3n) is 4.93. The number of rotatable bonds is 4. The maximum absolute atomic E-state index is 12.9. The summed E-state index contributed by atoms with van der Waals surface area (Å²) >= 11 is 0. The first kappa shape index (κ1) is 16.6. The summed E-state index contributed by atoms with van der Waals surface area (Å²) in [6.45, 7) is 1.95. The molecule has 132 valence electrons. The zero-order valence-electron chi connectivity index (χ0n) is 14.5. The Kier molecular flexibility index (Phi) is 4.37. The molecule has 1 amide bonds. The van der Waals surface area contributed by atoms with Crippen LogP contribution in [0.1, 0.15) is 28.0 Å². The third-order valence-corrected chi connectivity index (χ3v) is 4.93. The average Bonchev–Trinajstić information content (AvgIpc) is 3.26. The fraction of sp³-hybridized carbons (Fsp3) is 0.368. The molecular weight excluding hydrogens is 330 g/mol. The van der Waals surface area contributed by atoms with E-state index < -0.39 is 0 Å². The Labute approximate surface area is 151 Å². The number of amides is 1. The predicted octanol–water partition coefficient (Wildman–Crippen LogP) is 1.35. The Bertz CT molecular complexity index is 892. The van der Waals surface area contributed by atoms with E-state index in [1.807, 2.05) is 11.0 Å². The van der Waals surface area contributed by atoms with Crippen LogP contribution in [0.3, 0.4) is 0 Å². The van der Waals surface area contributed by atoms with Crippen molar-refractivity contribution in [3.63, 3.8) is 0 Å². The molecule has 3 heterocycles. The van der Waals surface area contributed by atoms with Crippen molar-refractivity contribution < 1.29 is 9.53 Å². The van der Waals surface area contributed by atoms with E-state index in [-0.39, 0.29) is 18.0 Å². The van der Waals surface area contributed by atoms with Gasteiger partial charge in [-0.1, -0.05) is 12.1 Å². The number of nitrogens with zero attached hydrogens (tertiary/aromatic N) is 4. The number of hydrogen-bond donors (Lipinski definition) is 1. The molecule has 1 saturated heterocycles. The fourth-order valence-electron chi connectivity index (χ4n) is 3.62. The van der Waals surface area contributed by atoms with Crippen LogP contribution >= 0.6 is 0 Å². The highest BCUT2D eigenvalue weighted by atomic mass is 16.5. The molecule has 0 unspecified atom stereocenters. The quantitative estimate of drug-likeness (QED) is 0.896. The number of nitriles is 1. The molecule has 26 heavy (non-hydrogen) atoms. The summed E-state index contributed by atoms with van der Waals surface area (Å²) in [5, 5.41) is 12.5. The summed E-state index contributed by atoms with van der Waals surface area (Å²) in [5.41, 5.74) is 2.60. The van der Waals surface area contributed by atoms with Crippen molar-refractivity contribution in [1.29, 1.82) is 5.26 Å². The van der Waals surface area contributed by atoms with Crippen LogP contribution in [0.5, 0.6) is 0 Å². The van der Waals surface area contributed by atoms with Gasteiger partial charge in [0.25, 0.3) is 5.91 Å². The van der Waals surface area contributed by atoms with Gasteiger partial charge in [0, 0.05) is 43.1 Å². The van der Waals surface area contributed by atoms with E-state index in [1.54, 1.807) is 31.5 Å². The summed E-state index contributed by atoms with van der Waals surface area (Å²) in [6.07, 6.45) is 2.60. The average molecular weight is 349 g/mol. The maximum Gasteiger partial charge on any atom is 0.273 e. The van der Waals surface area contributed by atoms with E-state index in [4.69, 9.17) is 10.00 Å². The molecule has 1 aromatic heterocycles. The number of aromatic nitrogens is 2. The lowest BCUT2D eigenvalue weighted by molar-refractivity contribution is 0.0707. The predicted molar refractivity (Wildman–Crippen MR) is 94.1 cm³/mol. The van der Waals surface area contributed by atoms with Crippen molar-refractivity contribution in [2.75, 3.05) is 20.3 Å². The Morgan fingerprint density at radius 1 is 1.46 bits per heavy atom. The lowest BCUT2D eigenvalue weighted by Gasteiger charge is -2.22. The highest BCUT2D eigenvalue weighted by Crippen LogP contribution is 2.28. The second-order valence-corrected chi connectivity index (χ2v) is 6.64. The molecule has 4 rings (SSSR count). The van der Waals surface area contributed by atoms with Crippen LogP contribution in [-0.2, 0) is 11.3 Å². The minimum absolute atomic E-state index is 0.0510. The van der Waals surface area contributed by atoms with Gasteiger partial charge >= 0.3 is 0 Å². The van der Waals surface area contributed by atoms with E-state index in [0.29, 0.717) is 30.2 Å². The molecule has 7 heteroatoms. The van der Waals surface area contributed by atoms with Crippen LogP contribution in [0, 0.1) is 11.3 Å². The largest absolute Gasteiger partial charge is 0.383 e. The molecular formula is C19H19N5O2. The zero-order valence-corrected chi connectivity index (χ0v) is 14.5. The Morgan fingerprint density at radius 2 is 2.35 bits per heavy atom. The van der Waals surface area contributed by atoms with Gasteiger partial charge in [0.1, 0.15) is 5.69 Å². The second kappa shape index (κ2) is 6.83. The summed E-state index contributed by atoms with van der Waals surface area (Å²) in [7, 11) is 1.68. The fourth-order valence-corrected chi connectivity index (χ4v) is 3.62. The van der Waals surface area contributed by atoms with Crippen molar-refractivity contribution in [3.05, 3.63) is 47.3 Å². The number of ether oxygens (including phenoxy) is 1. The van der Waals surface area contributed by atoms with Crippen molar-refractivity contribution in [3.8, 4) is 17.5 Å². The lowest BCUT2D eigenvalue weighted by atomic mass is 10.1. The molecule has 7 nitrogen and oxygen atoms in total. The van der Waals surface area contributed by atoms with Crippen LogP contribution in [0.25, 0.3) is 11.4 Å². The first-order valence-corrected chi connectivity index (χ1v) is 8.59. The molecule has 1 N–H and O–H groups in total. The molecule has 2 aliphatic heterocycles. The molecule has 0 aliphatic carbocycles.